The number of hydrogen-bond donors (Lipinski definition) is 1. The van der Waals surface area contributed by atoms with Crippen LogP contribution in [-0.2, 0) is 21.4 Å². The van der Waals surface area contributed by atoms with E-state index in [1.165, 1.54) is 17.3 Å². The number of hydrogen-bond acceptors (Lipinski definition) is 3. The predicted octanol–water partition coefficient (Wildman–Crippen LogP) is 2.77. The van der Waals surface area contributed by atoms with E-state index >= 15 is 0 Å². The second kappa shape index (κ2) is 6.93. The lowest BCUT2D eigenvalue weighted by atomic mass is 10.2. The van der Waals surface area contributed by atoms with E-state index in [2.05, 4.69) is 5.32 Å². The van der Waals surface area contributed by atoms with E-state index in [1.54, 1.807) is 26.1 Å². The summed E-state index contributed by atoms with van der Waals surface area (Å²) in [7, 11) is -2.10. The van der Waals surface area contributed by atoms with Gasteiger partial charge in [-0.1, -0.05) is 36.4 Å². The van der Waals surface area contributed by atoms with Gasteiger partial charge in [-0.2, -0.15) is 4.31 Å². The Balaban J connectivity index is 2.33. The molecule has 1 amide bonds. The molecule has 6 heteroatoms. The Morgan fingerprint density at radius 1 is 1.13 bits per heavy atom. The molecule has 0 aromatic heterocycles. The average Bonchev–Trinajstić information content (AvgIpc) is 2.49. The lowest BCUT2D eigenvalue weighted by molar-refractivity contribution is -0.114. The maximum Gasteiger partial charge on any atom is 0.243 e. The molecule has 0 fully saturated rings. The molecule has 0 aliphatic rings. The normalized spacial score (nSPS) is 11.5. The van der Waals surface area contributed by atoms with Crippen LogP contribution >= 0.6 is 0 Å². The molecular weight excluding hydrogens is 312 g/mol. The van der Waals surface area contributed by atoms with Gasteiger partial charge in [0.15, 0.2) is 0 Å². The minimum absolute atomic E-state index is 0.196. The zero-order valence-corrected chi connectivity index (χ0v) is 14.2. The minimum Gasteiger partial charge on any atom is -0.326 e. The third-order valence-corrected chi connectivity index (χ3v) is 5.39. The highest BCUT2D eigenvalue weighted by molar-refractivity contribution is 7.89. The number of carbonyl (C=O) groups excluding carboxylic acids is 1. The van der Waals surface area contributed by atoms with E-state index in [4.69, 9.17) is 0 Å². The van der Waals surface area contributed by atoms with Crippen LogP contribution in [-0.4, -0.2) is 25.7 Å². The number of rotatable bonds is 5. The zero-order chi connectivity index (χ0) is 17.0. The molecule has 0 radical (unpaired) electrons. The number of carbonyl (C=O) groups is 1. The van der Waals surface area contributed by atoms with Crippen LogP contribution in [0.1, 0.15) is 18.1 Å². The van der Waals surface area contributed by atoms with Crippen molar-refractivity contribution in [2.45, 2.75) is 25.3 Å². The summed E-state index contributed by atoms with van der Waals surface area (Å²) in [6.45, 7) is 3.41. The van der Waals surface area contributed by atoms with Gasteiger partial charge in [-0.3, -0.25) is 4.79 Å². The van der Waals surface area contributed by atoms with Crippen LogP contribution in [0, 0.1) is 6.92 Å². The van der Waals surface area contributed by atoms with Gasteiger partial charge in [-0.25, -0.2) is 8.42 Å². The fourth-order valence-corrected chi connectivity index (χ4v) is 3.66. The Kier molecular flexibility index (Phi) is 5.18. The summed E-state index contributed by atoms with van der Waals surface area (Å²) < 4.78 is 26.9. The molecule has 0 saturated carbocycles. The monoisotopic (exact) mass is 332 g/mol. The van der Waals surface area contributed by atoms with Crippen LogP contribution in [0.15, 0.2) is 53.4 Å². The van der Waals surface area contributed by atoms with Gasteiger partial charge in [-0.05, 0) is 30.2 Å². The Morgan fingerprint density at radius 2 is 1.78 bits per heavy atom. The molecular formula is C17H20N2O3S. The van der Waals surface area contributed by atoms with Crippen LogP contribution < -0.4 is 5.32 Å². The standard InChI is InChI=1S/C17H20N2O3S/c1-13-9-10-16(18-14(2)20)11-17(13)23(21,22)19(3)12-15-7-5-4-6-8-15/h4-11H,12H2,1-3H3,(H,18,20). The molecule has 0 aliphatic carbocycles. The first-order valence-electron chi connectivity index (χ1n) is 7.19. The summed E-state index contributed by atoms with van der Waals surface area (Å²) in [4.78, 5) is 11.4. The van der Waals surface area contributed by atoms with Crippen molar-refractivity contribution in [2.75, 3.05) is 12.4 Å². The molecule has 2 rings (SSSR count). The second-order valence-electron chi connectivity index (χ2n) is 5.41. The van der Waals surface area contributed by atoms with E-state index in [0.717, 1.165) is 5.56 Å². The largest absolute Gasteiger partial charge is 0.326 e. The van der Waals surface area contributed by atoms with E-state index in [9.17, 15) is 13.2 Å². The number of aryl methyl sites for hydroxylation is 1. The average molecular weight is 332 g/mol. The molecule has 0 aliphatic heterocycles. The fraction of sp³-hybridized carbons (Fsp3) is 0.235. The molecule has 5 nitrogen and oxygen atoms in total. The van der Waals surface area contributed by atoms with Gasteiger partial charge in [-0.15, -0.1) is 0 Å². The summed E-state index contributed by atoms with van der Waals surface area (Å²) >= 11 is 0. The topological polar surface area (TPSA) is 66.5 Å². The first-order valence-corrected chi connectivity index (χ1v) is 8.63. The summed E-state index contributed by atoms with van der Waals surface area (Å²) in [6, 6.07) is 14.3. The predicted molar refractivity (Wildman–Crippen MR) is 90.6 cm³/mol. The highest BCUT2D eigenvalue weighted by Crippen LogP contribution is 2.24. The number of anilines is 1. The molecule has 0 bridgehead atoms. The van der Waals surface area contributed by atoms with Crippen molar-refractivity contribution >= 4 is 21.6 Å². The van der Waals surface area contributed by atoms with Crippen LogP contribution in [0.4, 0.5) is 5.69 Å². The summed E-state index contributed by atoms with van der Waals surface area (Å²) in [5.41, 5.74) is 2.02. The molecule has 0 spiro atoms. The van der Waals surface area contributed by atoms with Gasteiger partial charge in [0.05, 0.1) is 4.90 Å². The fourth-order valence-electron chi connectivity index (χ4n) is 2.25. The first-order chi connectivity index (χ1) is 10.8. The molecule has 122 valence electrons. The Labute approximate surface area is 137 Å². The van der Waals surface area contributed by atoms with Crippen molar-refractivity contribution in [2.24, 2.45) is 0 Å². The van der Waals surface area contributed by atoms with E-state index < -0.39 is 10.0 Å². The molecule has 0 unspecified atom stereocenters. The zero-order valence-electron chi connectivity index (χ0n) is 13.4. The van der Waals surface area contributed by atoms with E-state index in [-0.39, 0.29) is 17.3 Å². The van der Waals surface area contributed by atoms with Gasteiger partial charge in [0.2, 0.25) is 15.9 Å². The summed E-state index contributed by atoms with van der Waals surface area (Å²) in [5, 5.41) is 2.61. The van der Waals surface area contributed by atoms with Crippen LogP contribution in [0.3, 0.4) is 0 Å². The Morgan fingerprint density at radius 3 is 2.39 bits per heavy atom. The third-order valence-electron chi connectivity index (χ3n) is 3.44. The smallest absolute Gasteiger partial charge is 0.243 e. The van der Waals surface area contributed by atoms with Gasteiger partial charge < -0.3 is 5.32 Å². The van der Waals surface area contributed by atoms with Gasteiger partial charge >= 0.3 is 0 Å². The Bertz CT molecular complexity index is 802. The quantitative estimate of drug-likeness (QED) is 0.915. The number of amides is 1. The van der Waals surface area contributed by atoms with Crippen molar-refractivity contribution in [1.82, 2.24) is 4.31 Å². The first kappa shape index (κ1) is 17.2. The second-order valence-corrected chi connectivity index (χ2v) is 7.42. The van der Waals surface area contributed by atoms with Crippen LogP contribution in [0.2, 0.25) is 0 Å². The maximum atomic E-state index is 12.8. The lowest BCUT2D eigenvalue weighted by Gasteiger charge is -2.19. The number of sulfonamides is 1. The molecule has 0 saturated heterocycles. The molecule has 0 atom stereocenters. The van der Waals surface area contributed by atoms with Gasteiger partial charge in [0.25, 0.3) is 0 Å². The molecule has 23 heavy (non-hydrogen) atoms. The van der Waals surface area contributed by atoms with Crippen LogP contribution in [0.5, 0.6) is 0 Å². The minimum atomic E-state index is -3.64. The Hall–Kier alpha value is -2.18. The van der Waals surface area contributed by atoms with Gasteiger partial charge in [0, 0.05) is 26.2 Å². The molecule has 1 N–H and O–H groups in total. The van der Waals surface area contributed by atoms with Crippen molar-refractivity contribution < 1.29 is 13.2 Å². The van der Waals surface area contributed by atoms with Crippen molar-refractivity contribution in [1.29, 1.82) is 0 Å². The van der Waals surface area contributed by atoms with Crippen LogP contribution in [0.25, 0.3) is 0 Å². The van der Waals surface area contributed by atoms with Gasteiger partial charge in [0.1, 0.15) is 0 Å². The number of benzene rings is 2. The van der Waals surface area contributed by atoms with Crippen molar-refractivity contribution in [3.8, 4) is 0 Å². The van der Waals surface area contributed by atoms with Crippen molar-refractivity contribution in [3.63, 3.8) is 0 Å². The third kappa shape index (κ3) is 4.18. The highest BCUT2D eigenvalue weighted by atomic mass is 32.2. The summed E-state index contributed by atoms with van der Waals surface area (Å²) in [6.07, 6.45) is 0. The molecule has 0 heterocycles. The van der Waals surface area contributed by atoms with Crippen molar-refractivity contribution in [3.05, 3.63) is 59.7 Å². The highest BCUT2D eigenvalue weighted by Gasteiger charge is 2.23. The molecule has 2 aromatic rings. The molecule has 2 aromatic carbocycles. The van der Waals surface area contributed by atoms with E-state index in [1.807, 2.05) is 30.3 Å². The lowest BCUT2D eigenvalue weighted by Crippen LogP contribution is -2.27. The SMILES string of the molecule is CC(=O)Nc1ccc(C)c(S(=O)(=O)N(C)Cc2ccccc2)c1. The van der Waals surface area contributed by atoms with E-state index in [0.29, 0.717) is 11.3 Å². The number of nitrogens with one attached hydrogen (secondary N) is 1. The maximum absolute atomic E-state index is 12.8. The number of nitrogens with zero attached hydrogens (tertiary/aromatic N) is 1. The summed E-state index contributed by atoms with van der Waals surface area (Å²) in [5.74, 6) is -0.241.